The van der Waals surface area contributed by atoms with Gasteiger partial charge in [0, 0.05) is 11.6 Å². The third-order valence-electron chi connectivity index (χ3n) is 5.05. The molecule has 0 amide bonds. The van der Waals surface area contributed by atoms with E-state index in [1.165, 1.54) is 44.1 Å². The normalized spacial score (nSPS) is 12.0. The molecule has 0 unspecified atom stereocenters. The molecule has 0 radical (unpaired) electrons. The second-order valence-corrected chi connectivity index (χ2v) is 6.58. The lowest BCUT2D eigenvalue weighted by atomic mass is 10.1. The molecule has 0 aliphatic rings. The molecule has 116 valence electrons. The predicted octanol–water partition coefficient (Wildman–Crippen LogP) is 4.24. The summed E-state index contributed by atoms with van der Waals surface area (Å²) in [6.07, 6.45) is 1.91. The number of benzene rings is 2. The van der Waals surface area contributed by atoms with Gasteiger partial charge in [0.1, 0.15) is 5.52 Å². The van der Waals surface area contributed by atoms with Crippen LogP contribution in [0.1, 0.15) is 11.1 Å². The lowest BCUT2D eigenvalue weighted by Gasteiger charge is -2.05. The van der Waals surface area contributed by atoms with Crippen LogP contribution in [0.4, 0.5) is 0 Å². The van der Waals surface area contributed by atoms with E-state index in [0.29, 0.717) is 0 Å². The van der Waals surface area contributed by atoms with Gasteiger partial charge in [-0.05, 0) is 55.3 Å². The highest BCUT2D eigenvalue weighted by Gasteiger charge is 2.24. The summed E-state index contributed by atoms with van der Waals surface area (Å²) in [6, 6.07) is 17.3. The van der Waals surface area contributed by atoms with Crippen LogP contribution >= 0.6 is 0 Å². The van der Waals surface area contributed by atoms with Crippen LogP contribution < -0.4 is 4.57 Å². The van der Waals surface area contributed by atoms with Crippen LogP contribution in [0.25, 0.3) is 38.5 Å². The molecule has 0 spiro atoms. The first-order chi connectivity index (χ1) is 11.7. The quantitative estimate of drug-likeness (QED) is 0.309. The molecule has 0 saturated heterocycles. The Bertz CT molecular complexity index is 1280. The summed E-state index contributed by atoms with van der Waals surface area (Å²) < 4.78 is 4.67. The van der Waals surface area contributed by atoms with Crippen LogP contribution in [0.5, 0.6) is 0 Å². The molecule has 0 bridgehead atoms. The summed E-state index contributed by atoms with van der Waals surface area (Å²) in [4.78, 5) is 4.72. The van der Waals surface area contributed by atoms with Crippen LogP contribution in [0.2, 0.25) is 0 Å². The van der Waals surface area contributed by atoms with Gasteiger partial charge in [-0.1, -0.05) is 18.2 Å². The second-order valence-electron chi connectivity index (χ2n) is 6.58. The number of rotatable bonds is 0. The van der Waals surface area contributed by atoms with E-state index in [9.17, 15) is 0 Å². The highest BCUT2D eigenvalue weighted by Crippen LogP contribution is 2.31. The van der Waals surface area contributed by atoms with E-state index in [-0.39, 0.29) is 0 Å². The average molecular weight is 312 g/mol. The van der Waals surface area contributed by atoms with E-state index in [4.69, 9.17) is 4.98 Å². The Morgan fingerprint density at radius 1 is 0.958 bits per heavy atom. The maximum absolute atomic E-state index is 4.72. The Labute approximate surface area is 139 Å². The summed E-state index contributed by atoms with van der Waals surface area (Å²) in [5.74, 6) is 0. The molecule has 3 aromatic heterocycles. The average Bonchev–Trinajstić information content (AvgIpc) is 2.88. The van der Waals surface area contributed by atoms with Gasteiger partial charge in [-0.15, -0.1) is 0 Å². The molecule has 0 saturated carbocycles. The number of aryl methyl sites for hydroxylation is 3. The van der Waals surface area contributed by atoms with E-state index >= 15 is 0 Å². The Morgan fingerprint density at radius 3 is 2.67 bits per heavy atom. The molecule has 0 fully saturated rings. The number of fused-ring (bicyclic) bond motifs is 8. The maximum atomic E-state index is 4.72. The van der Waals surface area contributed by atoms with E-state index in [1.807, 2.05) is 6.20 Å². The molecular formula is C21H18N3+. The van der Waals surface area contributed by atoms with E-state index in [2.05, 4.69) is 78.4 Å². The van der Waals surface area contributed by atoms with Crippen molar-refractivity contribution >= 4 is 38.5 Å². The molecule has 5 aromatic rings. The molecular weight excluding hydrogens is 294 g/mol. The van der Waals surface area contributed by atoms with Crippen molar-refractivity contribution in [1.82, 2.24) is 9.38 Å². The molecule has 0 aliphatic heterocycles. The molecule has 2 aromatic carbocycles. The van der Waals surface area contributed by atoms with Crippen molar-refractivity contribution in [2.24, 2.45) is 7.05 Å². The highest BCUT2D eigenvalue weighted by atomic mass is 15.1. The van der Waals surface area contributed by atoms with Crippen molar-refractivity contribution in [3.63, 3.8) is 0 Å². The van der Waals surface area contributed by atoms with E-state index < -0.39 is 0 Å². The number of aromatic nitrogens is 3. The first kappa shape index (κ1) is 13.5. The zero-order chi connectivity index (χ0) is 16.4. The van der Waals surface area contributed by atoms with Crippen molar-refractivity contribution in [2.75, 3.05) is 0 Å². The topological polar surface area (TPSA) is 21.2 Å². The fraction of sp³-hybridized carbons (Fsp3) is 0.143. The second kappa shape index (κ2) is 4.54. The molecule has 0 N–H and O–H groups in total. The summed E-state index contributed by atoms with van der Waals surface area (Å²) in [5.41, 5.74) is 8.49. The Hall–Kier alpha value is -2.94. The van der Waals surface area contributed by atoms with Gasteiger partial charge in [0.05, 0.1) is 18.0 Å². The van der Waals surface area contributed by atoms with Gasteiger partial charge >= 0.3 is 0 Å². The van der Waals surface area contributed by atoms with Crippen LogP contribution in [0.3, 0.4) is 0 Å². The largest absolute Gasteiger partial charge is 0.297 e. The van der Waals surface area contributed by atoms with Crippen LogP contribution in [-0.2, 0) is 7.05 Å². The molecule has 3 heteroatoms. The van der Waals surface area contributed by atoms with Gasteiger partial charge in [-0.25, -0.2) is 4.57 Å². The minimum atomic E-state index is 1.08. The van der Waals surface area contributed by atoms with Gasteiger partial charge in [0.15, 0.2) is 11.0 Å². The van der Waals surface area contributed by atoms with Gasteiger partial charge in [-0.2, -0.15) is 4.40 Å². The number of imidazole rings is 1. The van der Waals surface area contributed by atoms with Gasteiger partial charge in [-0.3, -0.25) is 4.98 Å². The fourth-order valence-electron chi connectivity index (χ4n) is 3.91. The summed E-state index contributed by atoms with van der Waals surface area (Å²) >= 11 is 0. The maximum Gasteiger partial charge on any atom is 0.297 e. The smallest absolute Gasteiger partial charge is 0.255 e. The third-order valence-corrected chi connectivity index (χ3v) is 5.05. The number of nitrogens with zero attached hydrogens (tertiary/aromatic N) is 3. The van der Waals surface area contributed by atoms with Gasteiger partial charge in [0.25, 0.3) is 5.65 Å². The SMILES string of the molecule is Cc1ccc2c(c1)n1c3ccccc3c3nccc(C)c3c1[n+]2C. The number of para-hydroxylation sites is 1. The van der Waals surface area contributed by atoms with Crippen molar-refractivity contribution in [1.29, 1.82) is 0 Å². The minimum Gasteiger partial charge on any atom is -0.255 e. The van der Waals surface area contributed by atoms with E-state index in [1.54, 1.807) is 0 Å². The molecule has 0 aliphatic carbocycles. The summed E-state index contributed by atoms with van der Waals surface area (Å²) in [6.45, 7) is 4.32. The Morgan fingerprint density at radius 2 is 1.79 bits per heavy atom. The van der Waals surface area contributed by atoms with Crippen molar-refractivity contribution in [2.45, 2.75) is 13.8 Å². The van der Waals surface area contributed by atoms with Crippen molar-refractivity contribution in [3.05, 3.63) is 65.9 Å². The van der Waals surface area contributed by atoms with Crippen molar-refractivity contribution in [3.8, 4) is 0 Å². The lowest BCUT2D eigenvalue weighted by molar-refractivity contribution is -0.617. The molecule has 24 heavy (non-hydrogen) atoms. The Kier molecular flexibility index (Phi) is 2.55. The monoisotopic (exact) mass is 312 g/mol. The highest BCUT2D eigenvalue weighted by molar-refractivity contribution is 6.11. The molecule has 0 atom stereocenters. The fourth-order valence-corrected chi connectivity index (χ4v) is 3.91. The molecule has 3 nitrogen and oxygen atoms in total. The van der Waals surface area contributed by atoms with Crippen LogP contribution in [-0.4, -0.2) is 9.38 Å². The third kappa shape index (κ3) is 1.56. The number of hydrogen-bond donors (Lipinski definition) is 0. The summed E-state index contributed by atoms with van der Waals surface area (Å²) in [5, 5.41) is 2.43. The zero-order valence-electron chi connectivity index (χ0n) is 14.0. The molecule has 5 rings (SSSR count). The number of pyridine rings is 2. The first-order valence-electron chi connectivity index (χ1n) is 8.23. The zero-order valence-corrected chi connectivity index (χ0v) is 14.0. The summed E-state index contributed by atoms with van der Waals surface area (Å²) in [7, 11) is 2.15. The van der Waals surface area contributed by atoms with Gasteiger partial charge < -0.3 is 0 Å². The first-order valence-corrected chi connectivity index (χ1v) is 8.23. The standard InChI is InChI=1S/C21H18N3/c1-13-8-9-17-18(12-13)24-16-7-5-4-6-15(16)20-19(21(24)23(17)3)14(2)10-11-22-20/h4-12H,1-3H3/q+1. The van der Waals surface area contributed by atoms with Gasteiger partial charge in [0.2, 0.25) is 0 Å². The minimum absolute atomic E-state index is 1.08. The Balaban J connectivity index is 2.27. The molecule has 3 heterocycles. The van der Waals surface area contributed by atoms with Crippen molar-refractivity contribution < 1.29 is 4.57 Å². The predicted molar refractivity (Wildman–Crippen MR) is 98.4 cm³/mol. The lowest BCUT2D eigenvalue weighted by Crippen LogP contribution is -2.27. The van der Waals surface area contributed by atoms with Crippen LogP contribution in [0.15, 0.2) is 54.7 Å². The van der Waals surface area contributed by atoms with E-state index in [0.717, 1.165) is 5.52 Å². The number of hydrogen-bond acceptors (Lipinski definition) is 1. The van der Waals surface area contributed by atoms with Crippen LogP contribution in [0, 0.1) is 13.8 Å².